The molecule has 1 aliphatic carbocycles. The van der Waals surface area contributed by atoms with Gasteiger partial charge in [-0.3, -0.25) is 4.79 Å². The molecule has 17 heteroatoms. The van der Waals surface area contributed by atoms with Gasteiger partial charge in [-0.15, -0.1) is 21.5 Å². The van der Waals surface area contributed by atoms with E-state index >= 15 is 0 Å². The van der Waals surface area contributed by atoms with E-state index in [1.165, 1.54) is 18.6 Å². The van der Waals surface area contributed by atoms with Gasteiger partial charge in [0.2, 0.25) is 15.9 Å². The SMILES string of the molecule is C[C@H](NS(=O)(=O)c1ccc(-c2sc(-c3nnc(CC(C)(C)C(=O)O)o3)nc2CC2CCC2)c(C(F)F)c1Cl)C(F)(F)F. The molecule has 1 fully saturated rings. The Kier molecular flexibility index (Phi) is 9.03. The van der Waals surface area contributed by atoms with Crippen molar-refractivity contribution in [3.63, 3.8) is 0 Å². The molecule has 0 bridgehead atoms. The molecule has 1 atom stereocenters. The topological polar surface area (TPSA) is 135 Å². The fourth-order valence-electron chi connectivity index (χ4n) is 4.18. The molecule has 1 aromatic carbocycles. The summed E-state index contributed by atoms with van der Waals surface area (Å²) in [5.41, 5.74) is -1.81. The quantitative estimate of drug-likeness (QED) is 0.218. The van der Waals surface area contributed by atoms with E-state index in [2.05, 4.69) is 15.2 Å². The van der Waals surface area contributed by atoms with E-state index in [0.717, 1.165) is 42.7 Å². The molecule has 0 aliphatic heterocycles. The maximum absolute atomic E-state index is 14.4. The van der Waals surface area contributed by atoms with Crippen molar-refractivity contribution >= 4 is 38.9 Å². The third kappa shape index (κ3) is 6.76. The predicted octanol–water partition coefficient (Wildman–Crippen LogP) is 6.68. The number of carboxylic acid groups (broad SMARTS) is 1. The zero-order valence-corrected chi connectivity index (χ0v) is 24.8. The minimum atomic E-state index is -4.93. The van der Waals surface area contributed by atoms with E-state index in [1.54, 1.807) is 0 Å². The summed E-state index contributed by atoms with van der Waals surface area (Å²) in [5, 5.41) is 16.5. The Balaban J connectivity index is 1.78. The predicted molar refractivity (Wildman–Crippen MR) is 143 cm³/mol. The van der Waals surface area contributed by atoms with Crippen LogP contribution in [0.3, 0.4) is 0 Å². The van der Waals surface area contributed by atoms with E-state index < -0.39 is 55.5 Å². The number of alkyl halides is 5. The lowest BCUT2D eigenvalue weighted by molar-refractivity contribution is -0.147. The number of hydrogen-bond donors (Lipinski definition) is 2. The van der Waals surface area contributed by atoms with Gasteiger partial charge in [-0.2, -0.15) is 17.9 Å². The van der Waals surface area contributed by atoms with Gasteiger partial charge in [0.15, 0.2) is 5.01 Å². The van der Waals surface area contributed by atoms with Gasteiger partial charge < -0.3 is 9.52 Å². The summed E-state index contributed by atoms with van der Waals surface area (Å²) in [6.45, 7) is 3.54. The van der Waals surface area contributed by atoms with E-state index in [-0.39, 0.29) is 39.6 Å². The highest BCUT2D eigenvalue weighted by Gasteiger charge is 2.40. The van der Waals surface area contributed by atoms with Crippen LogP contribution in [0.2, 0.25) is 5.02 Å². The summed E-state index contributed by atoms with van der Waals surface area (Å²) in [6, 6.07) is -0.553. The summed E-state index contributed by atoms with van der Waals surface area (Å²) in [4.78, 5) is 15.3. The molecule has 2 heterocycles. The van der Waals surface area contributed by atoms with Crippen LogP contribution in [0.1, 0.15) is 63.6 Å². The number of carboxylic acids is 1. The normalized spacial score (nSPS) is 15.7. The Bertz CT molecular complexity index is 1590. The summed E-state index contributed by atoms with van der Waals surface area (Å²) >= 11 is 7.08. The maximum Gasteiger partial charge on any atom is 0.404 e. The number of rotatable bonds is 11. The number of sulfonamides is 1. The molecule has 3 aromatic rings. The van der Waals surface area contributed by atoms with Gasteiger partial charge in [-0.25, -0.2) is 22.2 Å². The van der Waals surface area contributed by atoms with Crippen molar-refractivity contribution in [2.45, 2.75) is 76.4 Å². The van der Waals surface area contributed by atoms with Crippen molar-refractivity contribution in [1.29, 1.82) is 0 Å². The van der Waals surface area contributed by atoms with Crippen LogP contribution >= 0.6 is 22.9 Å². The molecule has 0 radical (unpaired) electrons. The largest absolute Gasteiger partial charge is 0.481 e. The second-order valence-corrected chi connectivity index (χ2v) is 13.7. The number of halogens is 6. The number of hydrogen-bond acceptors (Lipinski definition) is 8. The van der Waals surface area contributed by atoms with Crippen LogP contribution in [0.25, 0.3) is 21.3 Å². The lowest BCUT2D eigenvalue weighted by Crippen LogP contribution is -2.43. The minimum Gasteiger partial charge on any atom is -0.481 e. The first-order chi connectivity index (χ1) is 19.4. The summed E-state index contributed by atoms with van der Waals surface area (Å²) < 4.78 is 100. The molecule has 2 N–H and O–H groups in total. The lowest BCUT2D eigenvalue weighted by atomic mass is 9.81. The third-order valence-electron chi connectivity index (χ3n) is 6.95. The Labute approximate surface area is 246 Å². The number of nitrogens with zero attached hydrogens (tertiary/aromatic N) is 3. The van der Waals surface area contributed by atoms with Crippen LogP contribution in [-0.2, 0) is 27.7 Å². The Morgan fingerprint density at radius 2 is 1.90 bits per heavy atom. The van der Waals surface area contributed by atoms with Crippen molar-refractivity contribution < 1.29 is 44.7 Å². The second-order valence-electron chi connectivity index (χ2n) is 10.7. The molecule has 0 unspecified atom stereocenters. The highest BCUT2D eigenvalue weighted by atomic mass is 35.5. The van der Waals surface area contributed by atoms with Crippen molar-refractivity contribution in [3.8, 4) is 21.3 Å². The molecule has 0 amide bonds. The first-order valence-electron chi connectivity index (χ1n) is 12.7. The zero-order chi connectivity index (χ0) is 31.2. The number of aliphatic carboxylic acids is 1. The molecule has 4 rings (SSSR count). The van der Waals surface area contributed by atoms with Crippen molar-refractivity contribution in [1.82, 2.24) is 19.9 Å². The number of nitrogens with one attached hydrogen (secondary N) is 1. The van der Waals surface area contributed by atoms with Gasteiger partial charge in [-0.05, 0) is 39.2 Å². The second kappa shape index (κ2) is 11.8. The highest BCUT2D eigenvalue weighted by Crippen LogP contribution is 2.45. The van der Waals surface area contributed by atoms with E-state index in [4.69, 9.17) is 16.0 Å². The first-order valence-corrected chi connectivity index (χ1v) is 15.3. The number of thiazole rings is 1. The maximum atomic E-state index is 14.4. The van der Waals surface area contributed by atoms with Crippen molar-refractivity contribution in [2.75, 3.05) is 0 Å². The van der Waals surface area contributed by atoms with E-state index in [9.17, 15) is 40.3 Å². The number of carbonyl (C=O) groups is 1. The Morgan fingerprint density at radius 1 is 1.24 bits per heavy atom. The average Bonchev–Trinajstić information content (AvgIpc) is 3.46. The van der Waals surface area contributed by atoms with Crippen LogP contribution in [0.5, 0.6) is 0 Å². The first kappa shape index (κ1) is 32.2. The van der Waals surface area contributed by atoms with Crippen LogP contribution in [0.4, 0.5) is 22.0 Å². The molecule has 42 heavy (non-hydrogen) atoms. The van der Waals surface area contributed by atoms with Gasteiger partial charge in [0.25, 0.3) is 12.3 Å². The van der Waals surface area contributed by atoms with Crippen molar-refractivity contribution in [2.24, 2.45) is 11.3 Å². The molecule has 1 saturated carbocycles. The molecular formula is C25H26ClF5N4O5S2. The van der Waals surface area contributed by atoms with Crippen LogP contribution in [0, 0.1) is 11.3 Å². The van der Waals surface area contributed by atoms with Gasteiger partial charge >= 0.3 is 12.1 Å². The molecule has 230 valence electrons. The highest BCUT2D eigenvalue weighted by molar-refractivity contribution is 7.89. The molecule has 2 aromatic heterocycles. The average molecular weight is 657 g/mol. The summed E-state index contributed by atoms with van der Waals surface area (Å²) in [7, 11) is -4.93. The van der Waals surface area contributed by atoms with Gasteiger partial charge in [0, 0.05) is 17.5 Å². The number of benzene rings is 1. The van der Waals surface area contributed by atoms with Crippen LogP contribution in [-0.4, -0.2) is 46.9 Å². The summed E-state index contributed by atoms with van der Waals surface area (Å²) in [6.07, 6.45) is -5.10. The number of aromatic nitrogens is 3. The van der Waals surface area contributed by atoms with E-state index in [1.807, 2.05) is 0 Å². The molecular weight excluding hydrogens is 631 g/mol. The zero-order valence-electron chi connectivity index (χ0n) is 22.4. The van der Waals surface area contributed by atoms with Gasteiger partial charge in [0.1, 0.15) is 10.9 Å². The molecule has 0 saturated heterocycles. The smallest absolute Gasteiger partial charge is 0.404 e. The monoisotopic (exact) mass is 656 g/mol. The van der Waals surface area contributed by atoms with E-state index in [0.29, 0.717) is 19.0 Å². The minimum absolute atomic E-state index is 0.0288. The van der Waals surface area contributed by atoms with Gasteiger partial charge in [0.05, 0.1) is 21.0 Å². The Morgan fingerprint density at radius 3 is 2.45 bits per heavy atom. The lowest BCUT2D eigenvalue weighted by Gasteiger charge is -2.25. The standard InChI is InChI=1S/C25H26ClF5N4O5S2/c1-11(25(29,30)31)35-42(38,39)15-8-7-13(17(18(15)26)20(27)28)19-14(9-12-5-4-6-12)32-22(41-19)21-34-33-16(40-21)10-24(2,3)23(36)37/h7-8,11-12,20,35H,4-6,9-10H2,1-3H3,(H,36,37)/t11-/m0/s1. The fraction of sp³-hybridized carbons (Fsp3) is 0.520. The third-order valence-corrected chi connectivity index (χ3v) is 10.2. The summed E-state index contributed by atoms with van der Waals surface area (Å²) in [5.74, 6) is -0.884. The van der Waals surface area contributed by atoms with Crippen LogP contribution in [0.15, 0.2) is 21.4 Å². The molecule has 1 aliphatic rings. The van der Waals surface area contributed by atoms with Gasteiger partial charge in [-0.1, -0.05) is 36.9 Å². The van der Waals surface area contributed by atoms with Crippen molar-refractivity contribution in [3.05, 3.63) is 34.3 Å². The fourth-order valence-corrected chi connectivity index (χ4v) is 7.11. The van der Waals surface area contributed by atoms with Crippen LogP contribution < -0.4 is 4.72 Å². The Hall–Kier alpha value is -2.69. The molecule has 0 spiro atoms. The molecule has 9 nitrogen and oxygen atoms in total.